The maximum atomic E-state index is 5.86. The Bertz CT molecular complexity index is 555. The van der Waals surface area contributed by atoms with Crippen molar-refractivity contribution >= 4 is 17.7 Å². The zero-order chi connectivity index (χ0) is 15.5. The van der Waals surface area contributed by atoms with Crippen LogP contribution in [0.2, 0.25) is 0 Å². The molecule has 0 bridgehead atoms. The van der Waals surface area contributed by atoms with E-state index < -0.39 is 0 Å². The number of nitrogens with two attached hydrogens (primary N) is 1. The molecule has 0 heterocycles. The number of nitrogens with one attached hydrogen (secondary N) is 1. The summed E-state index contributed by atoms with van der Waals surface area (Å²) in [6.07, 6.45) is 1.99. The number of nitrogens with zero attached hydrogens (tertiary/aromatic N) is 1. The molecule has 0 spiro atoms. The lowest BCUT2D eigenvalue weighted by Gasteiger charge is -2.06. The molecule has 22 heavy (non-hydrogen) atoms. The Balaban J connectivity index is 1.55. The Morgan fingerprint density at radius 1 is 1.00 bits per heavy atom. The van der Waals surface area contributed by atoms with Crippen LogP contribution in [-0.2, 0) is 6.42 Å². The fourth-order valence-corrected chi connectivity index (χ4v) is 2.87. The van der Waals surface area contributed by atoms with Gasteiger partial charge in [0.05, 0.1) is 0 Å². The van der Waals surface area contributed by atoms with Crippen LogP contribution in [-0.4, -0.2) is 24.8 Å². The summed E-state index contributed by atoms with van der Waals surface area (Å²) in [6.45, 7) is 1.59. The Kier molecular flexibility index (Phi) is 7.39. The van der Waals surface area contributed by atoms with Crippen LogP contribution in [0.1, 0.15) is 12.0 Å². The molecule has 116 valence electrons. The zero-order valence-corrected chi connectivity index (χ0v) is 13.6. The van der Waals surface area contributed by atoms with E-state index >= 15 is 0 Å². The molecular formula is C18H23N3S. The Morgan fingerprint density at radius 3 is 2.41 bits per heavy atom. The molecule has 2 aromatic rings. The number of benzene rings is 2. The highest BCUT2D eigenvalue weighted by molar-refractivity contribution is 7.99. The lowest BCUT2D eigenvalue weighted by Crippen LogP contribution is -2.33. The predicted octanol–water partition coefficient (Wildman–Crippen LogP) is 3.32. The second-order valence-corrected chi connectivity index (χ2v) is 6.11. The van der Waals surface area contributed by atoms with Gasteiger partial charge in [0, 0.05) is 18.0 Å². The number of guanidine groups is 1. The fraction of sp³-hybridized carbons (Fsp3) is 0.278. The largest absolute Gasteiger partial charge is 0.370 e. The molecule has 2 rings (SSSR count). The van der Waals surface area contributed by atoms with Crippen LogP contribution in [0.5, 0.6) is 0 Å². The van der Waals surface area contributed by atoms with Gasteiger partial charge in [0.15, 0.2) is 5.96 Å². The summed E-state index contributed by atoms with van der Waals surface area (Å²) in [7, 11) is 0. The molecule has 0 aromatic heterocycles. The third-order valence-corrected chi connectivity index (χ3v) is 4.26. The molecule has 0 saturated carbocycles. The van der Waals surface area contributed by atoms with E-state index in [1.807, 2.05) is 23.9 Å². The van der Waals surface area contributed by atoms with Crippen molar-refractivity contribution in [2.45, 2.75) is 17.7 Å². The van der Waals surface area contributed by atoms with Gasteiger partial charge in [-0.25, -0.2) is 0 Å². The summed E-state index contributed by atoms with van der Waals surface area (Å²) in [5.41, 5.74) is 7.17. The molecule has 4 heteroatoms. The van der Waals surface area contributed by atoms with Gasteiger partial charge in [-0.15, -0.1) is 11.8 Å². The van der Waals surface area contributed by atoms with Gasteiger partial charge in [-0.3, -0.25) is 4.99 Å². The molecule has 0 aliphatic rings. The predicted molar refractivity (Wildman–Crippen MR) is 96.4 cm³/mol. The molecule has 0 radical (unpaired) electrons. The van der Waals surface area contributed by atoms with Gasteiger partial charge in [-0.2, -0.15) is 0 Å². The van der Waals surface area contributed by atoms with Crippen molar-refractivity contribution in [3.05, 3.63) is 66.2 Å². The van der Waals surface area contributed by atoms with E-state index in [9.17, 15) is 0 Å². The van der Waals surface area contributed by atoms with Crippen LogP contribution in [0.4, 0.5) is 0 Å². The van der Waals surface area contributed by atoms with Crippen molar-refractivity contribution < 1.29 is 0 Å². The lowest BCUT2D eigenvalue weighted by molar-refractivity contribution is 0.841. The number of hydrogen-bond acceptors (Lipinski definition) is 2. The number of thioether (sulfide) groups is 1. The highest BCUT2D eigenvalue weighted by atomic mass is 32.2. The molecule has 0 aliphatic carbocycles. The smallest absolute Gasteiger partial charge is 0.188 e. The molecule has 0 saturated heterocycles. The average molecular weight is 313 g/mol. The maximum absolute atomic E-state index is 5.86. The monoisotopic (exact) mass is 313 g/mol. The first-order valence-corrected chi connectivity index (χ1v) is 8.59. The molecule has 0 fully saturated rings. The van der Waals surface area contributed by atoms with Gasteiger partial charge >= 0.3 is 0 Å². The van der Waals surface area contributed by atoms with Crippen LogP contribution >= 0.6 is 11.8 Å². The van der Waals surface area contributed by atoms with Crippen LogP contribution in [0.15, 0.2) is 70.6 Å². The van der Waals surface area contributed by atoms with Crippen molar-refractivity contribution in [2.75, 3.05) is 18.8 Å². The minimum absolute atomic E-state index is 0.542. The Labute approximate surface area is 137 Å². The standard InChI is InChI=1S/C18H23N3S/c19-18(21-14-12-16-8-3-1-4-9-16)20-13-7-15-22-17-10-5-2-6-11-17/h1-6,8-11H,7,12-15H2,(H3,19,20,21). The van der Waals surface area contributed by atoms with Crippen LogP contribution in [0.25, 0.3) is 0 Å². The SMILES string of the molecule is NC(=NCCCSc1ccccc1)NCCc1ccccc1. The highest BCUT2D eigenvalue weighted by Crippen LogP contribution is 2.17. The number of rotatable bonds is 8. The van der Waals surface area contributed by atoms with E-state index in [1.54, 1.807) is 0 Å². The molecule has 0 unspecified atom stereocenters. The average Bonchev–Trinajstić information content (AvgIpc) is 2.56. The summed E-state index contributed by atoms with van der Waals surface area (Å²) >= 11 is 1.86. The molecule has 3 N–H and O–H groups in total. The third kappa shape index (κ3) is 6.68. The van der Waals surface area contributed by atoms with E-state index in [4.69, 9.17) is 5.73 Å². The van der Waals surface area contributed by atoms with Crippen molar-refractivity contribution in [3.63, 3.8) is 0 Å². The van der Waals surface area contributed by atoms with E-state index in [2.05, 4.69) is 58.8 Å². The van der Waals surface area contributed by atoms with E-state index in [0.717, 1.165) is 31.7 Å². The third-order valence-electron chi connectivity index (χ3n) is 3.16. The second kappa shape index (κ2) is 9.90. The summed E-state index contributed by atoms with van der Waals surface area (Å²) < 4.78 is 0. The van der Waals surface area contributed by atoms with Gasteiger partial charge in [0.2, 0.25) is 0 Å². The van der Waals surface area contributed by atoms with Gasteiger partial charge in [0.1, 0.15) is 0 Å². The van der Waals surface area contributed by atoms with Crippen LogP contribution < -0.4 is 11.1 Å². The van der Waals surface area contributed by atoms with Crippen molar-refractivity contribution in [2.24, 2.45) is 10.7 Å². The Morgan fingerprint density at radius 2 is 1.68 bits per heavy atom. The van der Waals surface area contributed by atoms with Crippen LogP contribution in [0.3, 0.4) is 0 Å². The van der Waals surface area contributed by atoms with Crippen molar-refractivity contribution in [1.29, 1.82) is 0 Å². The summed E-state index contributed by atoms with van der Waals surface area (Å²) in [4.78, 5) is 5.66. The fourth-order valence-electron chi connectivity index (χ4n) is 2.01. The normalized spacial score (nSPS) is 11.4. The minimum atomic E-state index is 0.542. The quantitative estimate of drug-likeness (QED) is 0.340. The lowest BCUT2D eigenvalue weighted by atomic mass is 10.1. The molecule has 3 nitrogen and oxygen atoms in total. The van der Waals surface area contributed by atoms with E-state index in [1.165, 1.54) is 10.5 Å². The molecule has 0 amide bonds. The van der Waals surface area contributed by atoms with Crippen molar-refractivity contribution in [1.82, 2.24) is 5.32 Å². The minimum Gasteiger partial charge on any atom is -0.370 e. The maximum Gasteiger partial charge on any atom is 0.188 e. The molecule has 0 atom stereocenters. The molecule has 2 aromatic carbocycles. The first kappa shape index (κ1) is 16.4. The van der Waals surface area contributed by atoms with Gasteiger partial charge in [-0.1, -0.05) is 48.5 Å². The Hall–Kier alpha value is -1.94. The zero-order valence-electron chi connectivity index (χ0n) is 12.7. The number of hydrogen-bond donors (Lipinski definition) is 2. The van der Waals surface area contributed by atoms with Crippen molar-refractivity contribution in [3.8, 4) is 0 Å². The van der Waals surface area contributed by atoms with Crippen LogP contribution in [0, 0.1) is 0 Å². The summed E-state index contributed by atoms with van der Waals surface area (Å²) in [6, 6.07) is 20.8. The first-order valence-electron chi connectivity index (χ1n) is 7.60. The first-order chi connectivity index (χ1) is 10.8. The summed E-state index contributed by atoms with van der Waals surface area (Å²) in [5.74, 6) is 1.60. The van der Waals surface area contributed by atoms with E-state index in [-0.39, 0.29) is 0 Å². The van der Waals surface area contributed by atoms with Gasteiger partial charge in [-0.05, 0) is 36.3 Å². The summed E-state index contributed by atoms with van der Waals surface area (Å²) in [5, 5.41) is 3.16. The van der Waals surface area contributed by atoms with E-state index in [0.29, 0.717) is 5.96 Å². The highest BCUT2D eigenvalue weighted by Gasteiger charge is 1.95. The molecular weight excluding hydrogens is 290 g/mol. The number of aliphatic imine (C=N–C) groups is 1. The molecule has 0 aliphatic heterocycles. The van der Waals surface area contributed by atoms with Gasteiger partial charge in [0.25, 0.3) is 0 Å². The topological polar surface area (TPSA) is 50.4 Å². The van der Waals surface area contributed by atoms with Gasteiger partial charge < -0.3 is 11.1 Å². The second-order valence-electron chi connectivity index (χ2n) is 4.94.